The van der Waals surface area contributed by atoms with Crippen LogP contribution in [0.5, 0.6) is 0 Å². The van der Waals surface area contributed by atoms with Gasteiger partial charge in [0.15, 0.2) is 0 Å². The molecule has 4 heteroatoms. The second-order valence-electron chi connectivity index (χ2n) is 3.53. The molecule has 3 N–H and O–H groups in total. The maximum absolute atomic E-state index is 11.3. The Morgan fingerprint density at radius 3 is 2.88 bits per heavy atom. The zero-order valence-electron chi connectivity index (χ0n) is 10.0. The molecule has 0 spiro atoms. The van der Waals surface area contributed by atoms with Crippen LogP contribution in [0.4, 0.5) is 10.5 Å². The van der Waals surface area contributed by atoms with Crippen molar-refractivity contribution in [2.24, 2.45) is 0 Å². The molecule has 4 nitrogen and oxygen atoms in total. The van der Waals surface area contributed by atoms with Crippen molar-refractivity contribution < 1.29 is 9.90 Å². The topological polar surface area (TPSA) is 61.4 Å². The lowest BCUT2D eigenvalue weighted by Gasteiger charge is -2.07. The van der Waals surface area contributed by atoms with Crippen molar-refractivity contribution in [3.05, 3.63) is 29.3 Å². The van der Waals surface area contributed by atoms with Gasteiger partial charge < -0.3 is 15.7 Å². The van der Waals surface area contributed by atoms with Crippen LogP contribution in [0.3, 0.4) is 0 Å². The summed E-state index contributed by atoms with van der Waals surface area (Å²) in [7, 11) is 1.56. The highest BCUT2D eigenvalue weighted by atomic mass is 16.2. The molecule has 90 valence electrons. The minimum absolute atomic E-state index is 0.0388. The number of nitrogens with one attached hydrogen (secondary N) is 2. The molecule has 17 heavy (non-hydrogen) atoms. The van der Waals surface area contributed by atoms with Crippen LogP contribution in [0.15, 0.2) is 18.2 Å². The maximum Gasteiger partial charge on any atom is 0.319 e. The van der Waals surface area contributed by atoms with E-state index in [9.17, 15) is 4.79 Å². The first-order chi connectivity index (χ1) is 8.17. The van der Waals surface area contributed by atoms with E-state index in [1.54, 1.807) is 7.05 Å². The molecule has 0 aliphatic heterocycles. The Morgan fingerprint density at radius 2 is 2.24 bits per heavy atom. The second-order valence-corrected chi connectivity index (χ2v) is 3.53. The van der Waals surface area contributed by atoms with E-state index in [4.69, 9.17) is 5.11 Å². The molecule has 0 heterocycles. The van der Waals surface area contributed by atoms with Crippen LogP contribution in [-0.4, -0.2) is 24.8 Å². The first-order valence-corrected chi connectivity index (χ1v) is 5.36. The van der Waals surface area contributed by atoms with Crippen LogP contribution in [0.25, 0.3) is 0 Å². The average Bonchev–Trinajstić information content (AvgIpc) is 2.32. The van der Waals surface area contributed by atoms with E-state index in [0.717, 1.165) is 11.1 Å². The van der Waals surface area contributed by atoms with Gasteiger partial charge >= 0.3 is 6.03 Å². The molecule has 0 fully saturated rings. The van der Waals surface area contributed by atoms with Crippen molar-refractivity contribution in [1.29, 1.82) is 0 Å². The van der Waals surface area contributed by atoms with Crippen LogP contribution in [0.1, 0.15) is 17.5 Å². The fourth-order valence-corrected chi connectivity index (χ4v) is 1.27. The van der Waals surface area contributed by atoms with Gasteiger partial charge in [0.2, 0.25) is 0 Å². The monoisotopic (exact) mass is 232 g/mol. The second kappa shape index (κ2) is 6.56. The molecule has 0 saturated carbocycles. The van der Waals surface area contributed by atoms with Crippen LogP contribution in [-0.2, 0) is 0 Å². The van der Waals surface area contributed by atoms with E-state index in [1.807, 2.05) is 25.1 Å². The number of carbonyl (C=O) groups excluding carboxylic acids is 1. The van der Waals surface area contributed by atoms with Crippen molar-refractivity contribution in [3.8, 4) is 11.8 Å². The summed E-state index contributed by atoms with van der Waals surface area (Å²) in [5.74, 6) is 5.75. The minimum Gasteiger partial charge on any atom is -0.395 e. The Morgan fingerprint density at radius 1 is 1.47 bits per heavy atom. The zero-order chi connectivity index (χ0) is 12.7. The molecule has 0 aromatic heterocycles. The molecular formula is C13H16N2O2. The van der Waals surface area contributed by atoms with Gasteiger partial charge in [0.1, 0.15) is 0 Å². The van der Waals surface area contributed by atoms with E-state index in [1.165, 1.54) is 0 Å². The number of amides is 2. The summed E-state index contributed by atoms with van der Waals surface area (Å²) < 4.78 is 0. The molecule has 0 aliphatic rings. The summed E-state index contributed by atoms with van der Waals surface area (Å²) in [6.45, 7) is 1.98. The average molecular weight is 232 g/mol. The summed E-state index contributed by atoms with van der Waals surface area (Å²) in [5.41, 5.74) is 2.46. The van der Waals surface area contributed by atoms with E-state index < -0.39 is 0 Å². The fourth-order valence-electron chi connectivity index (χ4n) is 1.27. The molecule has 0 bridgehead atoms. The summed E-state index contributed by atoms with van der Waals surface area (Å²) in [5, 5.41) is 13.9. The number of aliphatic hydroxyl groups is 1. The molecule has 1 rings (SSSR count). The lowest BCUT2D eigenvalue weighted by molar-refractivity contribution is 0.254. The van der Waals surface area contributed by atoms with Gasteiger partial charge in [-0.05, 0) is 24.6 Å². The third-order valence-electron chi connectivity index (χ3n) is 2.11. The molecular weight excluding hydrogens is 216 g/mol. The first kappa shape index (κ1) is 13.1. The van der Waals surface area contributed by atoms with Gasteiger partial charge in [0, 0.05) is 19.0 Å². The normalized spacial score (nSPS) is 9.12. The SMILES string of the molecule is CNC(=O)Nc1cc(C)ccc1C#CCCO. The molecule has 0 aliphatic carbocycles. The third-order valence-corrected chi connectivity index (χ3v) is 2.11. The van der Waals surface area contributed by atoms with E-state index in [2.05, 4.69) is 22.5 Å². The highest BCUT2D eigenvalue weighted by molar-refractivity contribution is 5.90. The number of hydrogen-bond donors (Lipinski definition) is 3. The van der Waals surface area contributed by atoms with E-state index in [0.29, 0.717) is 12.1 Å². The summed E-state index contributed by atoms with van der Waals surface area (Å²) in [6, 6.07) is 5.36. The highest BCUT2D eigenvalue weighted by Gasteiger charge is 2.03. The first-order valence-electron chi connectivity index (χ1n) is 5.36. The van der Waals surface area contributed by atoms with Crippen LogP contribution in [0.2, 0.25) is 0 Å². The number of aliphatic hydroxyl groups excluding tert-OH is 1. The van der Waals surface area contributed by atoms with Crippen LogP contribution < -0.4 is 10.6 Å². The van der Waals surface area contributed by atoms with Crippen molar-refractivity contribution in [2.45, 2.75) is 13.3 Å². The van der Waals surface area contributed by atoms with Crippen molar-refractivity contribution >= 4 is 11.7 Å². The largest absolute Gasteiger partial charge is 0.395 e. The molecule has 0 unspecified atom stereocenters. The predicted molar refractivity (Wildman–Crippen MR) is 67.8 cm³/mol. The minimum atomic E-state index is -0.277. The van der Waals surface area contributed by atoms with Crippen molar-refractivity contribution in [2.75, 3.05) is 19.0 Å². The lowest BCUT2D eigenvalue weighted by Crippen LogP contribution is -2.24. The van der Waals surface area contributed by atoms with Crippen molar-refractivity contribution in [3.63, 3.8) is 0 Å². The van der Waals surface area contributed by atoms with Gasteiger partial charge in [-0.15, -0.1) is 0 Å². The van der Waals surface area contributed by atoms with Gasteiger partial charge in [0.25, 0.3) is 0 Å². The Kier molecular flexibility index (Phi) is 5.05. The van der Waals surface area contributed by atoms with Gasteiger partial charge in [-0.25, -0.2) is 4.79 Å². The Balaban J connectivity index is 2.96. The summed E-state index contributed by atoms with van der Waals surface area (Å²) in [4.78, 5) is 11.3. The van der Waals surface area contributed by atoms with E-state index in [-0.39, 0.29) is 12.6 Å². The Bertz CT molecular complexity index is 458. The van der Waals surface area contributed by atoms with E-state index >= 15 is 0 Å². The zero-order valence-corrected chi connectivity index (χ0v) is 10.0. The number of benzene rings is 1. The number of anilines is 1. The van der Waals surface area contributed by atoms with Gasteiger partial charge in [0.05, 0.1) is 12.3 Å². The Hall–Kier alpha value is -1.99. The van der Waals surface area contributed by atoms with Gasteiger partial charge in [-0.1, -0.05) is 17.9 Å². The highest BCUT2D eigenvalue weighted by Crippen LogP contribution is 2.16. The number of carbonyl (C=O) groups is 1. The molecule has 1 aromatic carbocycles. The molecule has 1 aromatic rings. The molecule has 0 atom stereocenters. The predicted octanol–water partition coefficient (Wildman–Crippen LogP) is 1.48. The quantitative estimate of drug-likeness (QED) is 0.676. The number of aryl methyl sites for hydroxylation is 1. The molecule has 0 radical (unpaired) electrons. The van der Waals surface area contributed by atoms with Gasteiger partial charge in [-0.3, -0.25) is 0 Å². The van der Waals surface area contributed by atoms with Crippen LogP contribution in [0, 0.1) is 18.8 Å². The summed E-state index contributed by atoms with van der Waals surface area (Å²) in [6.07, 6.45) is 0.424. The van der Waals surface area contributed by atoms with Crippen molar-refractivity contribution in [1.82, 2.24) is 5.32 Å². The maximum atomic E-state index is 11.3. The fraction of sp³-hybridized carbons (Fsp3) is 0.308. The number of rotatable bonds is 2. The molecule has 2 amide bonds. The van der Waals surface area contributed by atoms with Gasteiger partial charge in [-0.2, -0.15) is 0 Å². The lowest BCUT2D eigenvalue weighted by atomic mass is 10.1. The Labute approximate surface area is 101 Å². The molecule has 0 saturated heterocycles. The third kappa shape index (κ3) is 4.17. The number of urea groups is 1. The smallest absolute Gasteiger partial charge is 0.319 e. The standard InChI is InChI=1S/C13H16N2O2/c1-10-6-7-11(5-3-4-8-16)12(9-10)15-13(17)14-2/h6-7,9,16H,4,8H2,1-2H3,(H2,14,15,17). The summed E-state index contributed by atoms with van der Waals surface area (Å²) >= 11 is 0. The number of hydrogen-bond acceptors (Lipinski definition) is 2. The van der Waals surface area contributed by atoms with Crippen LogP contribution >= 0.6 is 0 Å².